The highest BCUT2D eigenvalue weighted by atomic mass is 35.5. The van der Waals surface area contributed by atoms with Gasteiger partial charge in [0.2, 0.25) is 10.0 Å². The predicted octanol–water partition coefficient (Wildman–Crippen LogP) is 0.810. The predicted molar refractivity (Wildman–Crippen MR) is 86.5 cm³/mol. The number of halogens is 1. The van der Waals surface area contributed by atoms with Gasteiger partial charge < -0.3 is 5.73 Å². The van der Waals surface area contributed by atoms with Crippen molar-refractivity contribution >= 4 is 33.5 Å². The Bertz CT molecular complexity index is 789. The SMILES string of the molecule is Cc1nn(C)c2ncc(S(=O)(=O)N3CCCC(N)C3)cc12.Cl. The van der Waals surface area contributed by atoms with E-state index < -0.39 is 10.0 Å². The highest BCUT2D eigenvalue weighted by Gasteiger charge is 2.29. The van der Waals surface area contributed by atoms with Gasteiger partial charge in [-0.15, -0.1) is 12.4 Å². The fourth-order valence-electron chi connectivity index (χ4n) is 2.77. The molecule has 0 bridgehead atoms. The lowest BCUT2D eigenvalue weighted by atomic mass is 10.1. The molecule has 1 unspecified atom stereocenters. The van der Waals surface area contributed by atoms with E-state index in [9.17, 15) is 8.42 Å². The van der Waals surface area contributed by atoms with Crippen molar-refractivity contribution in [1.82, 2.24) is 19.1 Å². The van der Waals surface area contributed by atoms with E-state index in [0.29, 0.717) is 18.7 Å². The summed E-state index contributed by atoms with van der Waals surface area (Å²) in [6, 6.07) is 1.56. The molecule has 1 aliphatic rings. The minimum Gasteiger partial charge on any atom is -0.327 e. The number of rotatable bonds is 2. The molecule has 122 valence electrons. The van der Waals surface area contributed by atoms with Gasteiger partial charge in [0.25, 0.3) is 0 Å². The molecule has 1 atom stereocenters. The molecule has 9 heteroatoms. The van der Waals surface area contributed by atoms with Gasteiger partial charge in [-0.25, -0.2) is 13.4 Å². The quantitative estimate of drug-likeness (QED) is 0.869. The number of pyridine rings is 1. The third-order valence-corrected chi connectivity index (χ3v) is 5.73. The van der Waals surface area contributed by atoms with Gasteiger partial charge in [0.1, 0.15) is 4.90 Å². The lowest BCUT2D eigenvalue weighted by Crippen LogP contribution is -2.45. The molecule has 1 saturated heterocycles. The molecule has 2 aromatic rings. The van der Waals surface area contributed by atoms with Gasteiger partial charge in [0.15, 0.2) is 5.65 Å². The molecule has 3 heterocycles. The van der Waals surface area contributed by atoms with Gasteiger partial charge in [0, 0.05) is 37.8 Å². The molecule has 2 N–H and O–H groups in total. The van der Waals surface area contributed by atoms with Crippen LogP contribution in [0.2, 0.25) is 0 Å². The second-order valence-electron chi connectivity index (χ2n) is 5.52. The number of aromatic nitrogens is 3. The fraction of sp³-hybridized carbons (Fsp3) is 0.538. The van der Waals surface area contributed by atoms with Crippen molar-refractivity contribution in [3.63, 3.8) is 0 Å². The van der Waals surface area contributed by atoms with Crippen LogP contribution in [0.25, 0.3) is 11.0 Å². The Kier molecular flexibility index (Phi) is 4.76. The second-order valence-corrected chi connectivity index (χ2v) is 7.45. The summed E-state index contributed by atoms with van der Waals surface area (Å²) in [5, 5.41) is 5.03. The molecule has 0 aromatic carbocycles. The molecule has 0 radical (unpaired) electrons. The van der Waals surface area contributed by atoms with Crippen LogP contribution >= 0.6 is 12.4 Å². The zero-order valence-electron chi connectivity index (χ0n) is 12.6. The Morgan fingerprint density at radius 1 is 1.41 bits per heavy atom. The number of aryl methyl sites for hydroxylation is 2. The summed E-state index contributed by atoms with van der Waals surface area (Å²) in [7, 11) is -1.75. The maximum atomic E-state index is 12.7. The minimum absolute atomic E-state index is 0. The minimum atomic E-state index is -3.54. The summed E-state index contributed by atoms with van der Waals surface area (Å²) in [6.45, 7) is 2.73. The molecule has 3 rings (SSSR count). The number of sulfonamides is 1. The average Bonchev–Trinajstić information content (AvgIpc) is 2.74. The smallest absolute Gasteiger partial charge is 0.244 e. The molecular formula is C13H20ClN5O2S. The van der Waals surface area contributed by atoms with Crippen molar-refractivity contribution in [1.29, 1.82) is 0 Å². The number of hydrogen-bond donors (Lipinski definition) is 1. The Morgan fingerprint density at radius 2 is 2.14 bits per heavy atom. The van der Waals surface area contributed by atoms with Gasteiger partial charge in [-0.3, -0.25) is 4.68 Å². The number of piperidine rings is 1. The van der Waals surface area contributed by atoms with Crippen LogP contribution in [0.15, 0.2) is 17.2 Å². The lowest BCUT2D eigenvalue weighted by Gasteiger charge is -2.29. The average molecular weight is 346 g/mol. The molecular weight excluding hydrogens is 326 g/mol. The van der Waals surface area contributed by atoms with Crippen LogP contribution in [0.4, 0.5) is 0 Å². The van der Waals surface area contributed by atoms with E-state index in [1.165, 1.54) is 10.5 Å². The van der Waals surface area contributed by atoms with E-state index in [1.54, 1.807) is 17.8 Å². The number of nitrogens with two attached hydrogens (primary N) is 1. The normalized spacial score (nSPS) is 20.0. The Balaban J connectivity index is 0.00000176. The molecule has 0 aliphatic carbocycles. The molecule has 1 aliphatic heterocycles. The third-order valence-electron chi connectivity index (χ3n) is 3.90. The molecule has 0 amide bonds. The van der Waals surface area contributed by atoms with Crippen LogP contribution in [0.1, 0.15) is 18.5 Å². The van der Waals surface area contributed by atoms with Crippen LogP contribution in [-0.4, -0.2) is 46.6 Å². The molecule has 2 aromatic heterocycles. The van der Waals surface area contributed by atoms with Crippen LogP contribution in [0.5, 0.6) is 0 Å². The Labute approximate surface area is 136 Å². The third kappa shape index (κ3) is 2.83. The van der Waals surface area contributed by atoms with E-state index >= 15 is 0 Å². The van der Waals surface area contributed by atoms with E-state index in [2.05, 4.69) is 10.1 Å². The van der Waals surface area contributed by atoms with Crippen molar-refractivity contribution in [3.8, 4) is 0 Å². The van der Waals surface area contributed by atoms with Crippen molar-refractivity contribution in [3.05, 3.63) is 18.0 Å². The Hall–Kier alpha value is -1.22. The summed E-state index contributed by atoms with van der Waals surface area (Å²) in [5.41, 5.74) is 7.34. The highest BCUT2D eigenvalue weighted by molar-refractivity contribution is 7.89. The zero-order chi connectivity index (χ0) is 15.2. The van der Waals surface area contributed by atoms with Gasteiger partial charge in [-0.1, -0.05) is 0 Å². The van der Waals surface area contributed by atoms with Crippen molar-refractivity contribution in [2.45, 2.75) is 30.7 Å². The number of hydrogen-bond acceptors (Lipinski definition) is 5. The largest absolute Gasteiger partial charge is 0.327 e. The zero-order valence-corrected chi connectivity index (χ0v) is 14.2. The summed E-state index contributed by atoms with van der Waals surface area (Å²) >= 11 is 0. The first-order chi connectivity index (χ1) is 9.89. The molecule has 7 nitrogen and oxygen atoms in total. The summed E-state index contributed by atoms with van der Waals surface area (Å²) < 4.78 is 28.5. The molecule has 0 saturated carbocycles. The monoisotopic (exact) mass is 345 g/mol. The van der Waals surface area contributed by atoms with E-state index in [0.717, 1.165) is 23.9 Å². The van der Waals surface area contributed by atoms with Crippen molar-refractivity contribution < 1.29 is 8.42 Å². The number of nitrogens with zero attached hydrogens (tertiary/aromatic N) is 4. The molecule has 22 heavy (non-hydrogen) atoms. The first kappa shape index (κ1) is 17.1. The first-order valence-electron chi connectivity index (χ1n) is 6.94. The van der Waals surface area contributed by atoms with Gasteiger partial charge >= 0.3 is 0 Å². The summed E-state index contributed by atoms with van der Waals surface area (Å²) in [5.74, 6) is 0. The maximum absolute atomic E-state index is 12.7. The van der Waals surface area contributed by atoms with E-state index in [4.69, 9.17) is 5.73 Å². The fourth-order valence-corrected chi connectivity index (χ4v) is 4.28. The first-order valence-corrected chi connectivity index (χ1v) is 8.38. The van der Waals surface area contributed by atoms with Gasteiger partial charge in [0.05, 0.1) is 5.69 Å². The van der Waals surface area contributed by atoms with Gasteiger partial charge in [-0.05, 0) is 25.8 Å². The van der Waals surface area contributed by atoms with E-state index in [-0.39, 0.29) is 23.3 Å². The molecule has 0 spiro atoms. The van der Waals surface area contributed by atoms with Crippen molar-refractivity contribution in [2.75, 3.05) is 13.1 Å². The Morgan fingerprint density at radius 3 is 2.82 bits per heavy atom. The standard InChI is InChI=1S/C13H19N5O2S.ClH/c1-9-12-6-11(7-15-13(12)17(2)16-9)21(19,20)18-5-3-4-10(14)8-18;/h6-7,10H,3-5,8,14H2,1-2H3;1H. The van der Waals surface area contributed by atoms with Crippen molar-refractivity contribution in [2.24, 2.45) is 12.8 Å². The van der Waals surface area contributed by atoms with Crippen LogP contribution in [0, 0.1) is 6.92 Å². The topological polar surface area (TPSA) is 94.1 Å². The maximum Gasteiger partial charge on any atom is 0.244 e. The highest BCUT2D eigenvalue weighted by Crippen LogP contribution is 2.23. The number of fused-ring (bicyclic) bond motifs is 1. The van der Waals surface area contributed by atoms with Crippen LogP contribution < -0.4 is 5.73 Å². The molecule has 1 fully saturated rings. The van der Waals surface area contributed by atoms with E-state index in [1.807, 2.05) is 6.92 Å². The van der Waals surface area contributed by atoms with Gasteiger partial charge in [-0.2, -0.15) is 9.40 Å². The second kappa shape index (κ2) is 6.11. The van der Waals surface area contributed by atoms with Crippen LogP contribution in [-0.2, 0) is 17.1 Å². The summed E-state index contributed by atoms with van der Waals surface area (Å²) in [4.78, 5) is 4.45. The summed E-state index contributed by atoms with van der Waals surface area (Å²) in [6.07, 6.45) is 3.06. The lowest BCUT2D eigenvalue weighted by molar-refractivity contribution is 0.316. The van der Waals surface area contributed by atoms with Crippen LogP contribution in [0.3, 0.4) is 0 Å².